The highest BCUT2D eigenvalue weighted by Crippen LogP contribution is 2.33. The monoisotopic (exact) mass is 358 g/mol. The zero-order chi connectivity index (χ0) is 19.6. The maximum absolute atomic E-state index is 4.56. The van der Waals surface area contributed by atoms with Crippen LogP contribution in [0.5, 0.6) is 0 Å². The molecular formula is C25H30N2. The van der Waals surface area contributed by atoms with Crippen molar-refractivity contribution in [3.63, 3.8) is 0 Å². The van der Waals surface area contributed by atoms with Gasteiger partial charge in [0.05, 0.1) is 0 Å². The summed E-state index contributed by atoms with van der Waals surface area (Å²) in [5.41, 5.74) is 7.80. The average molecular weight is 359 g/mol. The maximum Gasteiger partial charge on any atom is 0.133 e. The number of benzene rings is 2. The van der Waals surface area contributed by atoms with Crippen LogP contribution < -0.4 is 4.90 Å². The van der Waals surface area contributed by atoms with E-state index in [0.29, 0.717) is 12.0 Å². The molecule has 0 atom stereocenters. The molecule has 0 unspecified atom stereocenters. The van der Waals surface area contributed by atoms with E-state index in [-0.39, 0.29) is 0 Å². The van der Waals surface area contributed by atoms with Crippen molar-refractivity contribution in [2.75, 3.05) is 4.90 Å². The molecule has 0 aliphatic carbocycles. The second kappa shape index (κ2) is 7.96. The van der Waals surface area contributed by atoms with Crippen molar-refractivity contribution in [3.8, 4) is 11.1 Å². The Labute approximate surface area is 163 Å². The third-order valence-corrected chi connectivity index (χ3v) is 5.09. The molecule has 0 radical (unpaired) electrons. The van der Waals surface area contributed by atoms with Crippen molar-refractivity contribution in [2.24, 2.45) is 0 Å². The third-order valence-electron chi connectivity index (χ3n) is 5.09. The minimum absolute atomic E-state index is 0.331. The van der Waals surface area contributed by atoms with Crippen molar-refractivity contribution in [1.29, 1.82) is 0 Å². The first-order valence-corrected chi connectivity index (χ1v) is 9.80. The standard InChI is InChI=1S/C25H30N2/c1-17(2)23-12-10-21(15-19(23)5)22-11-13-24(20(6)16-22)27(18(3)4)25-9-7-8-14-26-25/h7-18H,1-6H3. The van der Waals surface area contributed by atoms with Gasteiger partial charge in [-0.2, -0.15) is 0 Å². The number of nitrogens with zero attached hydrogens (tertiary/aromatic N) is 2. The quantitative estimate of drug-likeness (QED) is 0.486. The molecule has 0 saturated carbocycles. The zero-order valence-corrected chi connectivity index (χ0v) is 17.3. The minimum Gasteiger partial charge on any atom is -0.324 e. The first kappa shape index (κ1) is 19.2. The van der Waals surface area contributed by atoms with E-state index in [4.69, 9.17) is 0 Å². The number of hydrogen-bond acceptors (Lipinski definition) is 2. The highest BCUT2D eigenvalue weighted by Gasteiger charge is 2.16. The molecule has 2 aromatic carbocycles. The number of rotatable bonds is 5. The molecule has 0 spiro atoms. The fourth-order valence-electron chi connectivity index (χ4n) is 3.77. The summed E-state index contributed by atoms with van der Waals surface area (Å²) < 4.78 is 0. The Hall–Kier alpha value is -2.61. The Kier molecular flexibility index (Phi) is 5.65. The highest BCUT2D eigenvalue weighted by molar-refractivity contribution is 5.72. The summed E-state index contributed by atoms with van der Waals surface area (Å²) in [6, 6.07) is 20.0. The van der Waals surface area contributed by atoms with Crippen LogP contribution in [-0.4, -0.2) is 11.0 Å². The van der Waals surface area contributed by atoms with Crippen molar-refractivity contribution < 1.29 is 0 Å². The normalized spacial score (nSPS) is 11.3. The molecule has 0 N–H and O–H groups in total. The van der Waals surface area contributed by atoms with Gasteiger partial charge in [-0.25, -0.2) is 4.98 Å². The lowest BCUT2D eigenvalue weighted by atomic mass is 9.93. The van der Waals surface area contributed by atoms with Gasteiger partial charge in [0.1, 0.15) is 5.82 Å². The predicted molar refractivity (Wildman–Crippen MR) is 117 cm³/mol. The van der Waals surface area contributed by atoms with Crippen molar-refractivity contribution in [3.05, 3.63) is 77.5 Å². The number of aryl methyl sites for hydroxylation is 2. The van der Waals surface area contributed by atoms with E-state index in [0.717, 1.165) is 5.82 Å². The van der Waals surface area contributed by atoms with Crippen LogP contribution in [0.1, 0.15) is 50.3 Å². The summed E-state index contributed by atoms with van der Waals surface area (Å²) in [7, 11) is 0. The molecule has 3 aromatic rings. The lowest BCUT2D eigenvalue weighted by molar-refractivity contribution is 0.775. The molecule has 0 bridgehead atoms. The summed E-state index contributed by atoms with van der Waals surface area (Å²) in [4.78, 5) is 6.86. The topological polar surface area (TPSA) is 16.1 Å². The van der Waals surface area contributed by atoms with Crippen molar-refractivity contribution in [1.82, 2.24) is 4.98 Å². The van der Waals surface area contributed by atoms with Gasteiger partial charge in [0.15, 0.2) is 0 Å². The van der Waals surface area contributed by atoms with Gasteiger partial charge in [0.25, 0.3) is 0 Å². The second-order valence-electron chi connectivity index (χ2n) is 7.88. The SMILES string of the molecule is Cc1cc(-c2ccc(N(c3ccccn3)C(C)C)c(C)c2)ccc1C(C)C. The van der Waals surface area contributed by atoms with Crippen LogP contribution in [0.3, 0.4) is 0 Å². The Bertz CT molecular complexity index is 911. The minimum atomic E-state index is 0.331. The molecule has 2 nitrogen and oxygen atoms in total. The van der Waals surface area contributed by atoms with E-state index in [1.807, 2.05) is 18.3 Å². The molecule has 0 aliphatic rings. The molecule has 3 rings (SSSR count). The Morgan fingerprint density at radius 1 is 0.778 bits per heavy atom. The van der Waals surface area contributed by atoms with Crippen LogP contribution >= 0.6 is 0 Å². The number of hydrogen-bond donors (Lipinski definition) is 0. The van der Waals surface area contributed by atoms with E-state index >= 15 is 0 Å². The molecule has 0 fully saturated rings. The maximum atomic E-state index is 4.56. The first-order chi connectivity index (χ1) is 12.9. The summed E-state index contributed by atoms with van der Waals surface area (Å²) in [5, 5.41) is 0. The molecular weight excluding hydrogens is 328 g/mol. The second-order valence-corrected chi connectivity index (χ2v) is 7.88. The first-order valence-electron chi connectivity index (χ1n) is 9.80. The molecule has 0 saturated heterocycles. The third kappa shape index (κ3) is 4.05. The van der Waals surface area contributed by atoms with E-state index in [1.54, 1.807) is 0 Å². The number of aromatic nitrogens is 1. The smallest absolute Gasteiger partial charge is 0.133 e. The fourth-order valence-corrected chi connectivity index (χ4v) is 3.77. The van der Waals surface area contributed by atoms with Crippen LogP contribution in [-0.2, 0) is 0 Å². The van der Waals surface area contributed by atoms with Gasteiger partial charge < -0.3 is 4.90 Å². The largest absolute Gasteiger partial charge is 0.324 e. The fraction of sp³-hybridized carbons (Fsp3) is 0.320. The molecule has 2 heteroatoms. The molecule has 27 heavy (non-hydrogen) atoms. The number of anilines is 2. The molecule has 0 amide bonds. The van der Waals surface area contributed by atoms with Crippen LogP contribution in [0.2, 0.25) is 0 Å². The van der Waals surface area contributed by atoms with Gasteiger partial charge >= 0.3 is 0 Å². The Morgan fingerprint density at radius 2 is 1.44 bits per heavy atom. The lowest BCUT2D eigenvalue weighted by Crippen LogP contribution is -2.26. The summed E-state index contributed by atoms with van der Waals surface area (Å²) >= 11 is 0. The van der Waals surface area contributed by atoms with Crippen LogP contribution in [0.25, 0.3) is 11.1 Å². The molecule has 1 aromatic heterocycles. The molecule has 140 valence electrons. The number of pyridine rings is 1. The van der Waals surface area contributed by atoms with Gasteiger partial charge in [-0.05, 0) is 85.7 Å². The van der Waals surface area contributed by atoms with Crippen molar-refractivity contribution in [2.45, 2.75) is 53.5 Å². The zero-order valence-electron chi connectivity index (χ0n) is 17.3. The highest BCUT2D eigenvalue weighted by atomic mass is 15.2. The molecule has 0 aliphatic heterocycles. The predicted octanol–water partition coefficient (Wildman–Crippen LogP) is 7.04. The molecule has 1 heterocycles. The Morgan fingerprint density at radius 3 is 1.96 bits per heavy atom. The van der Waals surface area contributed by atoms with E-state index < -0.39 is 0 Å². The van der Waals surface area contributed by atoms with Crippen LogP contribution in [0.4, 0.5) is 11.5 Å². The van der Waals surface area contributed by atoms with Gasteiger partial charge in [-0.3, -0.25) is 0 Å². The van der Waals surface area contributed by atoms with Gasteiger partial charge in [0, 0.05) is 17.9 Å². The van der Waals surface area contributed by atoms with Gasteiger partial charge in [-0.15, -0.1) is 0 Å². The van der Waals surface area contributed by atoms with E-state index in [1.165, 1.54) is 33.5 Å². The summed E-state index contributed by atoms with van der Waals surface area (Å²) in [6.45, 7) is 13.3. The van der Waals surface area contributed by atoms with E-state index in [2.05, 4.69) is 93.9 Å². The summed E-state index contributed by atoms with van der Waals surface area (Å²) in [6.07, 6.45) is 1.85. The Balaban J connectivity index is 1.99. The average Bonchev–Trinajstić information content (AvgIpc) is 2.63. The summed E-state index contributed by atoms with van der Waals surface area (Å²) in [5.74, 6) is 1.54. The van der Waals surface area contributed by atoms with Crippen LogP contribution in [0, 0.1) is 13.8 Å². The van der Waals surface area contributed by atoms with Crippen molar-refractivity contribution >= 4 is 11.5 Å². The van der Waals surface area contributed by atoms with Gasteiger partial charge in [-0.1, -0.05) is 44.2 Å². The van der Waals surface area contributed by atoms with E-state index in [9.17, 15) is 0 Å². The lowest BCUT2D eigenvalue weighted by Gasteiger charge is -2.29. The van der Waals surface area contributed by atoms with Gasteiger partial charge in [0.2, 0.25) is 0 Å². The van der Waals surface area contributed by atoms with Crippen LogP contribution in [0.15, 0.2) is 60.8 Å².